The summed E-state index contributed by atoms with van der Waals surface area (Å²) in [6.07, 6.45) is 3.27. The Labute approximate surface area is 172 Å². The minimum atomic E-state index is -0.783. The lowest BCUT2D eigenvalue weighted by Crippen LogP contribution is -2.35. The number of hydrogen-bond donors (Lipinski definition) is 3. The van der Waals surface area contributed by atoms with Crippen LogP contribution in [0.2, 0.25) is 0 Å². The minimum Gasteiger partial charge on any atom is -0.454 e. The average molecular weight is 410 g/mol. The first kappa shape index (κ1) is 18.5. The number of fused-ring (bicyclic) bond motifs is 2. The molecule has 1 saturated heterocycles. The molecule has 156 valence electrons. The van der Waals surface area contributed by atoms with E-state index in [0.29, 0.717) is 34.5 Å². The fourth-order valence-electron chi connectivity index (χ4n) is 4.05. The number of anilines is 4. The molecule has 1 unspecified atom stereocenters. The Hall–Kier alpha value is -3.56. The third-order valence-corrected chi connectivity index (χ3v) is 5.55. The van der Waals surface area contributed by atoms with Crippen LogP contribution in [0.1, 0.15) is 37.2 Å². The molecule has 0 saturated carbocycles. The number of nitrogens with one attached hydrogen (secondary N) is 2. The molecule has 3 aliphatic heterocycles. The van der Waals surface area contributed by atoms with E-state index in [2.05, 4.69) is 25.5 Å². The highest BCUT2D eigenvalue weighted by Gasteiger charge is 2.35. The third kappa shape index (κ3) is 3.34. The Kier molecular flexibility index (Phi) is 4.53. The molecular formula is C20H22N6O4. The largest absolute Gasteiger partial charge is 0.454 e. The SMILES string of the molecule is Nc1nc(N2CCCCC2)nc2c1C(C(=O)Nc1ccc3c(c1)OCO3)CC(=O)N2. The predicted octanol–water partition coefficient (Wildman–Crippen LogP) is 1.84. The first-order valence-corrected chi connectivity index (χ1v) is 10.0. The van der Waals surface area contributed by atoms with Crippen molar-refractivity contribution in [1.82, 2.24) is 9.97 Å². The Morgan fingerprint density at radius 1 is 1.17 bits per heavy atom. The van der Waals surface area contributed by atoms with Crippen LogP contribution in [0, 0.1) is 0 Å². The normalized spacial score (nSPS) is 19.8. The van der Waals surface area contributed by atoms with Gasteiger partial charge in [-0.3, -0.25) is 9.59 Å². The summed E-state index contributed by atoms with van der Waals surface area (Å²) in [4.78, 5) is 36.4. The number of benzene rings is 1. The van der Waals surface area contributed by atoms with Crippen molar-refractivity contribution < 1.29 is 19.1 Å². The van der Waals surface area contributed by atoms with Gasteiger partial charge in [0.15, 0.2) is 11.5 Å². The van der Waals surface area contributed by atoms with Gasteiger partial charge in [0.25, 0.3) is 0 Å². The molecule has 0 aliphatic carbocycles. The van der Waals surface area contributed by atoms with Crippen molar-refractivity contribution in [2.45, 2.75) is 31.6 Å². The van der Waals surface area contributed by atoms with Gasteiger partial charge in [0.05, 0.1) is 11.5 Å². The van der Waals surface area contributed by atoms with Crippen molar-refractivity contribution in [3.05, 3.63) is 23.8 Å². The van der Waals surface area contributed by atoms with Crippen LogP contribution in [0.4, 0.5) is 23.3 Å². The number of piperidine rings is 1. The molecule has 10 heteroatoms. The van der Waals surface area contributed by atoms with Crippen molar-refractivity contribution in [2.75, 3.05) is 41.1 Å². The lowest BCUT2D eigenvalue weighted by atomic mass is 9.92. The molecular weight excluding hydrogens is 388 g/mol. The van der Waals surface area contributed by atoms with Gasteiger partial charge >= 0.3 is 0 Å². The molecule has 0 bridgehead atoms. The molecule has 1 atom stereocenters. The average Bonchev–Trinajstić information content (AvgIpc) is 3.21. The summed E-state index contributed by atoms with van der Waals surface area (Å²) in [5.74, 6) is 0.776. The number of carbonyl (C=O) groups excluding carboxylic acids is 2. The van der Waals surface area contributed by atoms with Crippen LogP contribution < -0.4 is 30.7 Å². The smallest absolute Gasteiger partial charge is 0.232 e. The van der Waals surface area contributed by atoms with Gasteiger partial charge in [0, 0.05) is 31.3 Å². The summed E-state index contributed by atoms with van der Waals surface area (Å²) >= 11 is 0. The number of aromatic nitrogens is 2. The van der Waals surface area contributed by atoms with Crippen LogP contribution in [-0.2, 0) is 9.59 Å². The van der Waals surface area contributed by atoms with Gasteiger partial charge in [-0.25, -0.2) is 0 Å². The summed E-state index contributed by atoms with van der Waals surface area (Å²) in [5, 5.41) is 5.58. The van der Waals surface area contributed by atoms with E-state index in [1.807, 2.05) is 0 Å². The van der Waals surface area contributed by atoms with Gasteiger partial charge in [-0.1, -0.05) is 0 Å². The van der Waals surface area contributed by atoms with Crippen molar-refractivity contribution in [3.63, 3.8) is 0 Å². The van der Waals surface area contributed by atoms with E-state index in [4.69, 9.17) is 15.2 Å². The summed E-state index contributed by atoms with van der Waals surface area (Å²) in [6, 6.07) is 5.12. The molecule has 4 heterocycles. The third-order valence-electron chi connectivity index (χ3n) is 5.55. The molecule has 5 rings (SSSR count). The first-order valence-electron chi connectivity index (χ1n) is 10.0. The molecule has 0 radical (unpaired) electrons. The van der Waals surface area contributed by atoms with E-state index >= 15 is 0 Å². The van der Waals surface area contributed by atoms with Crippen LogP contribution in [0.3, 0.4) is 0 Å². The van der Waals surface area contributed by atoms with Crippen LogP contribution >= 0.6 is 0 Å². The second kappa shape index (κ2) is 7.36. The molecule has 2 aromatic rings. The molecule has 30 heavy (non-hydrogen) atoms. The van der Waals surface area contributed by atoms with Gasteiger partial charge in [-0.15, -0.1) is 0 Å². The Balaban J connectivity index is 1.42. The van der Waals surface area contributed by atoms with Crippen LogP contribution in [0.15, 0.2) is 18.2 Å². The van der Waals surface area contributed by atoms with Gasteiger partial charge in [-0.2, -0.15) is 9.97 Å². The predicted molar refractivity (Wildman–Crippen MR) is 110 cm³/mol. The monoisotopic (exact) mass is 410 g/mol. The summed E-state index contributed by atoms with van der Waals surface area (Å²) in [6.45, 7) is 1.84. The van der Waals surface area contributed by atoms with Crippen LogP contribution in [0.25, 0.3) is 0 Å². The Morgan fingerprint density at radius 2 is 1.97 bits per heavy atom. The molecule has 0 spiro atoms. The van der Waals surface area contributed by atoms with Crippen molar-refractivity contribution in [3.8, 4) is 11.5 Å². The maximum Gasteiger partial charge on any atom is 0.232 e. The summed E-state index contributed by atoms with van der Waals surface area (Å²) < 4.78 is 10.6. The fraction of sp³-hybridized carbons (Fsp3) is 0.400. The van der Waals surface area contributed by atoms with Crippen molar-refractivity contribution in [2.24, 2.45) is 0 Å². The quantitative estimate of drug-likeness (QED) is 0.698. The maximum absolute atomic E-state index is 13.0. The van der Waals surface area contributed by atoms with E-state index in [9.17, 15) is 9.59 Å². The zero-order valence-electron chi connectivity index (χ0n) is 16.3. The minimum absolute atomic E-state index is 0.0278. The first-order chi connectivity index (χ1) is 14.6. The number of hydrogen-bond acceptors (Lipinski definition) is 8. The molecule has 1 aromatic heterocycles. The fourth-order valence-corrected chi connectivity index (χ4v) is 4.05. The molecule has 2 amide bonds. The molecule has 3 aliphatic rings. The lowest BCUT2D eigenvalue weighted by Gasteiger charge is -2.30. The zero-order valence-corrected chi connectivity index (χ0v) is 16.3. The number of nitrogen functional groups attached to an aromatic ring is 1. The standard InChI is InChI=1S/C20H22N6O4/c21-17-16-12(19(28)22-11-4-5-13-14(8-11)30-10-29-13)9-15(27)23-18(16)25-20(24-17)26-6-2-1-3-7-26/h4-5,8,12H,1-3,6-7,9-10H2,(H,22,28)(H3,21,23,24,25,27). The number of amides is 2. The number of nitrogens with two attached hydrogens (primary N) is 1. The number of nitrogens with zero attached hydrogens (tertiary/aromatic N) is 3. The highest BCUT2D eigenvalue weighted by Crippen LogP contribution is 2.38. The topological polar surface area (TPSA) is 132 Å². The van der Waals surface area contributed by atoms with Crippen LogP contribution in [-0.4, -0.2) is 41.7 Å². The van der Waals surface area contributed by atoms with E-state index in [1.54, 1.807) is 18.2 Å². The van der Waals surface area contributed by atoms with Crippen LogP contribution in [0.5, 0.6) is 11.5 Å². The second-order valence-electron chi connectivity index (χ2n) is 7.58. The summed E-state index contributed by atoms with van der Waals surface area (Å²) in [5.41, 5.74) is 7.24. The Morgan fingerprint density at radius 3 is 2.80 bits per heavy atom. The second-order valence-corrected chi connectivity index (χ2v) is 7.58. The Bertz CT molecular complexity index is 1020. The highest BCUT2D eigenvalue weighted by atomic mass is 16.7. The highest BCUT2D eigenvalue weighted by molar-refractivity contribution is 6.05. The molecule has 1 aromatic carbocycles. The van der Waals surface area contributed by atoms with Gasteiger partial charge < -0.3 is 30.7 Å². The number of rotatable bonds is 3. The van der Waals surface area contributed by atoms with Crippen molar-refractivity contribution >= 4 is 35.1 Å². The van der Waals surface area contributed by atoms with Gasteiger partial charge in [0.1, 0.15) is 11.6 Å². The molecule has 1 fully saturated rings. The van der Waals surface area contributed by atoms with Gasteiger partial charge in [0.2, 0.25) is 24.6 Å². The summed E-state index contributed by atoms with van der Waals surface area (Å²) in [7, 11) is 0. The van der Waals surface area contributed by atoms with E-state index in [-0.39, 0.29) is 30.8 Å². The van der Waals surface area contributed by atoms with E-state index in [0.717, 1.165) is 25.9 Å². The number of ether oxygens (including phenoxy) is 2. The van der Waals surface area contributed by atoms with E-state index < -0.39 is 5.92 Å². The van der Waals surface area contributed by atoms with Gasteiger partial charge in [-0.05, 0) is 31.4 Å². The zero-order chi connectivity index (χ0) is 20.7. The molecule has 4 N–H and O–H groups in total. The maximum atomic E-state index is 13.0. The molecule has 10 nitrogen and oxygen atoms in total. The number of carbonyl (C=O) groups is 2. The van der Waals surface area contributed by atoms with E-state index in [1.165, 1.54) is 6.42 Å². The lowest BCUT2D eigenvalue weighted by molar-refractivity contribution is -0.123. The van der Waals surface area contributed by atoms with Crippen molar-refractivity contribution in [1.29, 1.82) is 0 Å².